The largest absolute Gasteiger partial charge is 0.487 e. The van der Waals surface area contributed by atoms with Gasteiger partial charge in [-0.15, -0.1) is 0 Å². The molecule has 4 rings (SSSR count). The van der Waals surface area contributed by atoms with Crippen molar-refractivity contribution in [2.24, 2.45) is 0 Å². The van der Waals surface area contributed by atoms with Crippen LogP contribution >= 0.6 is 0 Å². The minimum Gasteiger partial charge on any atom is -0.487 e. The number of Topliss-reactive ketones (excluding diaryl/α,β-unsaturated/α-hetero) is 1. The van der Waals surface area contributed by atoms with E-state index in [9.17, 15) is 4.79 Å². The molecule has 29 heavy (non-hydrogen) atoms. The Hall–Kier alpha value is -3.05. The second kappa shape index (κ2) is 8.53. The third kappa shape index (κ3) is 4.69. The summed E-state index contributed by atoms with van der Waals surface area (Å²) in [5.74, 6) is 0.830. The Bertz CT molecular complexity index is 936. The van der Waals surface area contributed by atoms with Crippen molar-refractivity contribution in [3.63, 3.8) is 0 Å². The summed E-state index contributed by atoms with van der Waals surface area (Å²) >= 11 is 0. The molecule has 5 heteroatoms. The van der Waals surface area contributed by atoms with E-state index in [0.717, 1.165) is 29.9 Å². The zero-order valence-corrected chi connectivity index (χ0v) is 17.0. The fraction of sp³-hybridized carbons (Fsp3) is 0.292. The van der Waals surface area contributed by atoms with E-state index >= 15 is 0 Å². The molecule has 0 radical (unpaired) electrons. The first kappa shape index (κ1) is 19.3. The van der Waals surface area contributed by atoms with Crippen LogP contribution in [0, 0.1) is 0 Å². The van der Waals surface area contributed by atoms with Gasteiger partial charge >= 0.3 is 0 Å². The zero-order chi connectivity index (χ0) is 20.2. The van der Waals surface area contributed by atoms with Crippen LogP contribution in [0.4, 0.5) is 0 Å². The van der Waals surface area contributed by atoms with Crippen LogP contribution in [0.1, 0.15) is 34.0 Å². The number of carbonyl (C=O) groups excluding carboxylic acids is 1. The molecule has 1 N–H and O–H groups in total. The van der Waals surface area contributed by atoms with Gasteiger partial charge in [0.15, 0.2) is 5.78 Å². The van der Waals surface area contributed by atoms with Gasteiger partial charge in [0.25, 0.3) is 0 Å². The van der Waals surface area contributed by atoms with Crippen molar-refractivity contribution in [3.8, 4) is 0 Å². The van der Waals surface area contributed by atoms with E-state index in [1.165, 1.54) is 11.1 Å². The third-order valence-corrected chi connectivity index (χ3v) is 5.57. The van der Waals surface area contributed by atoms with E-state index in [4.69, 9.17) is 4.74 Å². The van der Waals surface area contributed by atoms with Crippen molar-refractivity contribution in [2.75, 3.05) is 13.6 Å². The molecular weight excluding hydrogens is 362 g/mol. The number of fused-ring (bicyclic) bond motifs is 1. The topological polar surface area (TPSA) is 44.8 Å². The summed E-state index contributed by atoms with van der Waals surface area (Å²) in [6.45, 7) is 3.91. The minimum absolute atomic E-state index is 0.0910. The van der Waals surface area contributed by atoms with Crippen LogP contribution in [0.5, 0.6) is 0 Å². The van der Waals surface area contributed by atoms with Crippen LogP contribution in [0.25, 0.3) is 0 Å². The average Bonchev–Trinajstić information content (AvgIpc) is 2.74. The van der Waals surface area contributed by atoms with Crippen molar-refractivity contribution >= 4 is 5.78 Å². The predicted octanol–water partition coefficient (Wildman–Crippen LogP) is 3.64. The maximum Gasteiger partial charge on any atom is 0.184 e. The summed E-state index contributed by atoms with van der Waals surface area (Å²) in [5.41, 5.74) is 7.60. The number of carbonyl (C=O) groups is 1. The van der Waals surface area contributed by atoms with Gasteiger partial charge in [-0.25, -0.2) is 0 Å². The van der Waals surface area contributed by atoms with Gasteiger partial charge in [0.05, 0.1) is 6.20 Å². The molecule has 2 heterocycles. The molecule has 0 aliphatic carbocycles. The zero-order valence-electron chi connectivity index (χ0n) is 17.0. The van der Waals surface area contributed by atoms with Crippen LogP contribution < -0.4 is 5.43 Å². The number of benzene rings is 2. The molecule has 0 fully saturated rings. The summed E-state index contributed by atoms with van der Waals surface area (Å²) in [6.07, 6.45) is 6.52. The predicted molar refractivity (Wildman–Crippen MR) is 114 cm³/mol. The molecule has 0 spiro atoms. The Kier molecular flexibility index (Phi) is 5.67. The first-order valence-electron chi connectivity index (χ1n) is 10.0. The van der Waals surface area contributed by atoms with Crippen LogP contribution in [-0.2, 0) is 24.3 Å². The number of ether oxygens (including phenoxy) is 1. The van der Waals surface area contributed by atoms with Gasteiger partial charge in [0.2, 0.25) is 0 Å². The van der Waals surface area contributed by atoms with E-state index in [0.29, 0.717) is 12.6 Å². The highest BCUT2D eigenvalue weighted by molar-refractivity contribution is 5.98. The second-order valence-corrected chi connectivity index (χ2v) is 7.77. The monoisotopic (exact) mass is 389 g/mol. The van der Waals surface area contributed by atoms with Gasteiger partial charge in [0.1, 0.15) is 18.9 Å². The summed E-state index contributed by atoms with van der Waals surface area (Å²) in [6, 6.07) is 16.7. The number of nitrogens with one attached hydrogen (secondary N) is 1. The number of hydrogen-bond acceptors (Lipinski definition) is 5. The number of hydrazine groups is 1. The number of rotatable bonds is 6. The quantitative estimate of drug-likeness (QED) is 0.765. The Morgan fingerprint density at radius 2 is 2.00 bits per heavy atom. The van der Waals surface area contributed by atoms with Gasteiger partial charge in [-0.3, -0.25) is 14.7 Å². The summed E-state index contributed by atoms with van der Waals surface area (Å²) in [4.78, 5) is 15.1. The number of nitrogens with zero attached hydrogens (tertiary/aromatic N) is 2. The lowest BCUT2D eigenvalue weighted by atomic mass is 9.93. The van der Waals surface area contributed by atoms with E-state index < -0.39 is 0 Å². The van der Waals surface area contributed by atoms with Gasteiger partial charge in [-0.2, -0.15) is 0 Å². The Labute approximate surface area is 172 Å². The van der Waals surface area contributed by atoms with Crippen molar-refractivity contribution in [2.45, 2.75) is 32.5 Å². The van der Waals surface area contributed by atoms with E-state index in [2.05, 4.69) is 36.4 Å². The fourth-order valence-corrected chi connectivity index (χ4v) is 3.62. The van der Waals surface area contributed by atoms with Crippen molar-refractivity contribution in [3.05, 3.63) is 95.0 Å². The fourth-order valence-electron chi connectivity index (χ4n) is 3.62. The molecule has 0 amide bonds. The smallest absolute Gasteiger partial charge is 0.184 e. The molecular formula is C24H27N3O2. The van der Waals surface area contributed by atoms with E-state index in [1.807, 2.05) is 48.7 Å². The lowest BCUT2D eigenvalue weighted by Gasteiger charge is -2.32. The lowest BCUT2D eigenvalue weighted by molar-refractivity contribution is 0.0935. The van der Waals surface area contributed by atoms with E-state index in [-0.39, 0.29) is 12.3 Å². The lowest BCUT2D eigenvalue weighted by Crippen LogP contribution is -2.37. The highest BCUT2D eigenvalue weighted by Crippen LogP contribution is 2.23. The van der Waals surface area contributed by atoms with Gasteiger partial charge in [-0.1, -0.05) is 42.5 Å². The van der Waals surface area contributed by atoms with Gasteiger partial charge in [0, 0.05) is 24.4 Å². The second-order valence-electron chi connectivity index (χ2n) is 7.77. The average molecular weight is 389 g/mol. The highest BCUT2D eigenvalue weighted by atomic mass is 16.5. The van der Waals surface area contributed by atoms with E-state index in [1.54, 1.807) is 11.2 Å². The van der Waals surface area contributed by atoms with Crippen LogP contribution in [0.15, 0.2) is 72.8 Å². The Morgan fingerprint density at radius 3 is 2.76 bits per heavy atom. The van der Waals surface area contributed by atoms with Crippen molar-refractivity contribution < 1.29 is 9.53 Å². The number of ketones is 1. The summed E-state index contributed by atoms with van der Waals surface area (Å²) in [5, 5.41) is 1.77. The molecule has 2 aliphatic rings. The Morgan fingerprint density at radius 1 is 1.17 bits per heavy atom. The maximum absolute atomic E-state index is 12.8. The number of hydrogen-bond donors (Lipinski definition) is 1. The summed E-state index contributed by atoms with van der Waals surface area (Å²) < 4.78 is 5.78. The maximum atomic E-state index is 12.8. The Balaban J connectivity index is 1.31. The molecule has 0 saturated heterocycles. The highest BCUT2D eigenvalue weighted by Gasteiger charge is 2.21. The van der Waals surface area contributed by atoms with Crippen molar-refractivity contribution in [1.29, 1.82) is 0 Å². The van der Waals surface area contributed by atoms with Crippen LogP contribution in [0.2, 0.25) is 0 Å². The van der Waals surface area contributed by atoms with Gasteiger partial charge < -0.3 is 10.2 Å². The molecule has 5 nitrogen and oxygen atoms in total. The molecule has 2 aliphatic heterocycles. The first-order valence-corrected chi connectivity index (χ1v) is 10.0. The minimum atomic E-state index is 0.0910. The molecule has 2 aromatic rings. The van der Waals surface area contributed by atoms with Gasteiger partial charge in [-0.05, 0) is 49.2 Å². The molecule has 1 atom stereocenters. The molecule has 1 unspecified atom stereocenters. The van der Waals surface area contributed by atoms with Crippen LogP contribution in [-0.4, -0.2) is 35.3 Å². The number of allylic oxidation sites excluding steroid dienone is 1. The van der Waals surface area contributed by atoms with Crippen LogP contribution in [0.3, 0.4) is 0 Å². The van der Waals surface area contributed by atoms with Crippen molar-refractivity contribution in [1.82, 2.24) is 15.3 Å². The molecule has 0 bridgehead atoms. The number of likely N-dealkylation sites (N-methyl/N-ethyl adjacent to an activating group) is 1. The molecule has 150 valence electrons. The third-order valence-electron chi connectivity index (χ3n) is 5.57. The first-order chi connectivity index (χ1) is 14.1. The summed E-state index contributed by atoms with van der Waals surface area (Å²) in [7, 11) is 2.13. The molecule has 0 aromatic heterocycles. The molecule has 2 aromatic carbocycles. The standard InChI is InChI=1S/C24H27N3O2/c1-18-12-20-8-9-21(13-22(20)15-26(18)2)24(28)16-27-11-10-23(14-25-27)29-17-19-6-4-3-5-7-19/h3-11,13-14,18,25H,12,15-17H2,1-2H3. The normalized spacial score (nSPS) is 18.6. The SMILES string of the molecule is CC1Cc2ccc(C(=O)CN3C=CC(OCc4ccccc4)=CN3)cc2CN1C. The molecule has 0 saturated carbocycles.